The predicted octanol–water partition coefficient (Wildman–Crippen LogP) is 4.01. The smallest absolute Gasteiger partial charge is 0.280 e. The van der Waals surface area contributed by atoms with Gasteiger partial charge in [0.05, 0.1) is 36.8 Å². The average Bonchev–Trinajstić information content (AvgIpc) is 3.20. The summed E-state index contributed by atoms with van der Waals surface area (Å²) in [7, 11) is 3.21. The molecule has 142 valence electrons. The molecule has 1 aliphatic rings. The second kappa shape index (κ2) is 6.56. The number of fused-ring (bicyclic) bond motifs is 1. The molecule has 2 N–H and O–H groups in total. The van der Waals surface area contributed by atoms with E-state index in [1.165, 1.54) is 0 Å². The molecule has 28 heavy (non-hydrogen) atoms. The van der Waals surface area contributed by atoms with E-state index in [4.69, 9.17) is 9.47 Å². The molecule has 0 spiro atoms. The third-order valence-electron chi connectivity index (χ3n) is 5.04. The Morgan fingerprint density at radius 1 is 0.893 bits per heavy atom. The number of aromatic nitrogens is 1. The number of hydrogen-bond donors (Lipinski definition) is 2. The number of rotatable bonds is 4. The van der Waals surface area contributed by atoms with Gasteiger partial charge in [-0.15, -0.1) is 0 Å². The van der Waals surface area contributed by atoms with Crippen molar-refractivity contribution in [1.29, 1.82) is 0 Å². The number of carbonyl (C=O) groups excluding carboxylic acids is 1. The Morgan fingerprint density at radius 2 is 1.46 bits per heavy atom. The van der Waals surface area contributed by atoms with E-state index in [9.17, 15) is 9.90 Å². The maximum absolute atomic E-state index is 12.8. The average molecular weight is 376 g/mol. The highest BCUT2D eigenvalue weighted by atomic mass is 16.5. The van der Waals surface area contributed by atoms with Crippen LogP contribution < -0.4 is 9.47 Å². The molecule has 0 saturated carbocycles. The summed E-state index contributed by atoms with van der Waals surface area (Å²) in [5.74, 6) is 1.01. The van der Waals surface area contributed by atoms with Gasteiger partial charge in [-0.1, -0.05) is 0 Å². The molecule has 3 aromatic rings. The van der Waals surface area contributed by atoms with Crippen LogP contribution in [0.3, 0.4) is 0 Å². The topological polar surface area (TPSA) is 83.9 Å². The van der Waals surface area contributed by atoms with Crippen molar-refractivity contribution < 1.29 is 19.4 Å². The molecule has 6 heteroatoms. The van der Waals surface area contributed by atoms with E-state index in [0.29, 0.717) is 22.5 Å². The summed E-state index contributed by atoms with van der Waals surface area (Å²) in [6, 6.07) is 11.1. The number of aryl methyl sites for hydroxylation is 2. The van der Waals surface area contributed by atoms with Crippen LogP contribution in [0.25, 0.3) is 11.3 Å². The van der Waals surface area contributed by atoms with Gasteiger partial charge in [0.15, 0.2) is 5.88 Å². The number of hydrogen-bond acceptors (Lipinski definition) is 4. The van der Waals surface area contributed by atoms with Gasteiger partial charge in [0.25, 0.3) is 5.91 Å². The minimum absolute atomic E-state index is 0.0694. The maximum Gasteiger partial charge on any atom is 0.280 e. The molecule has 2 heterocycles. The number of benzene rings is 2. The first-order chi connectivity index (χ1) is 13.4. The largest absolute Gasteiger partial charge is 0.497 e. The summed E-state index contributed by atoms with van der Waals surface area (Å²) in [6.45, 7) is 3.85. The van der Waals surface area contributed by atoms with Crippen LogP contribution in [0.15, 0.2) is 41.4 Å². The number of methoxy groups -OCH3 is 2. The van der Waals surface area contributed by atoms with E-state index >= 15 is 0 Å². The van der Waals surface area contributed by atoms with Gasteiger partial charge in [0.2, 0.25) is 0 Å². The summed E-state index contributed by atoms with van der Waals surface area (Å²) >= 11 is 0. The number of carbonyl (C=O) groups is 1. The van der Waals surface area contributed by atoms with Crippen LogP contribution in [0.2, 0.25) is 0 Å². The molecule has 0 aliphatic carbocycles. The van der Waals surface area contributed by atoms with Crippen LogP contribution in [0, 0.1) is 13.8 Å². The highest BCUT2D eigenvalue weighted by Gasteiger charge is 2.34. The standard InChI is InChI=1S/C22H20N2O4/c1-11-9-13(27-3)5-7-15(11)19-17-18(22(26)23-19)20(24-21(17)25)16-8-6-14(28-4)10-12(16)2/h5-10,23,26H,1-4H3. The normalized spacial score (nSPS) is 12.7. The van der Waals surface area contributed by atoms with Crippen molar-refractivity contribution in [1.82, 2.24) is 4.98 Å². The van der Waals surface area contributed by atoms with Gasteiger partial charge in [-0.3, -0.25) is 4.79 Å². The van der Waals surface area contributed by atoms with Crippen molar-refractivity contribution in [3.8, 4) is 28.6 Å². The van der Waals surface area contributed by atoms with E-state index in [-0.39, 0.29) is 11.8 Å². The lowest BCUT2D eigenvalue weighted by molar-refractivity contribution is 0.101. The van der Waals surface area contributed by atoms with Crippen LogP contribution in [-0.4, -0.2) is 35.9 Å². The fourth-order valence-electron chi connectivity index (χ4n) is 3.61. The molecule has 2 aromatic carbocycles. The van der Waals surface area contributed by atoms with E-state index < -0.39 is 0 Å². The first-order valence-corrected chi connectivity index (χ1v) is 8.83. The molecule has 1 aromatic heterocycles. The van der Waals surface area contributed by atoms with Crippen molar-refractivity contribution in [2.75, 3.05) is 14.2 Å². The highest BCUT2D eigenvalue weighted by Crippen LogP contribution is 2.40. The first-order valence-electron chi connectivity index (χ1n) is 8.83. The number of nitrogens with one attached hydrogen (secondary N) is 1. The third-order valence-corrected chi connectivity index (χ3v) is 5.04. The quantitative estimate of drug-likeness (QED) is 0.720. The Bertz CT molecular complexity index is 1140. The Labute approximate surface area is 162 Å². The summed E-state index contributed by atoms with van der Waals surface area (Å²) in [4.78, 5) is 20.0. The second-order valence-corrected chi connectivity index (χ2v) is 6.73. The molecular formula is C22H20N2O4. The SMILES string of the molecule is COc1ccc(C2=NC(=O)c3c(-c4ccc(OC)cc4C)[nH]c(O)c32)c(C)c1. The molecule has 0 saturated heterocycles. The molecule has 0 radical (unpaired) electrons. The number of aromatic hydroxyl groups is 1. The van der Waals surface area contributed by atoms with Gasteiger partial charge in [0, 0.05) is 11.1 Å². The fourth-order valence-corrected chi connectivity index (χ4v) is 3.61. The lowest BCUT2D eigenvalue weighted by Crippen LogP contribution is -2.03. The van der Waals surface area contributed by atoms with Gasteiger partial charge in [-0.25, -0.2) is 4.99 Å². The van der Waals surface area contributed by atoms with Crippen LogP contribution in [0.5, 0.6) is 17.4 Å². The zero-order valence-corrected chi connectivity index (χ0v) is 16.1. The molecular weight excluding hydrogens is 356 g/mol. The molecule has 6 nitrogen and oxygen atoms in total. The zero-order valence-electron chi connectivity index (χ0n) is 16.1. The number of H-pyrrole nitrogens is 1. The van der Waals surface area contributed by atoms with Crippen molar-refractivity contribution in [3.05, 3.63) is 64.2 Å². The van der Waals surface area contributed by atoms with E-state index in [0.717, 1.165) is 33.8 Å². The molecule has 0 atom stereocenters. The monoisotopic (exact) mass is 376 g/mol. The first kappa shape index (κ1) is 17.9. The van der Waals surface area contributed by atoms with Gasteiger partial charge in [-0.2, -0.15) is 0 Å². The molecule has 1 amide bonds. The van der Waals surface area contributed by atoms with Crippen LogP contribution in [-0.2, 0) is 0 Å². The lowest BCUT2D eigenvalue weighted by atomic mass is 9.96. The van der Waals surface area contributed by atoms with Crippen molar-refractivity contribution in [2.24, 2.45) is 4.99 Å². The van der Waals surface area contributed by atoms with Gasteiger partial charge < -0.3 is 19.6 Å². The molecule has 4 rings (SSSR count). The Kier molecular flexibility index (Phi) is 4.19. The van der Waals surface area contributed by atoms with Crippen LogP contribution in [0.1, 0.15) is 32.6 Å². The zero-order chi connectivity index (χ0) is 20.0. The third kappa shape index (κ3) is 2.65. The van der Waals surface area contributed by atoms with Gasteiger partial charge in [-0.05, 0) is 61.4 Å². The minimum atomic E-state index is -0.373. The molecule has 0 unspecified atom stereocenters. The Balaban J connectivity index is 1.86. The summed E-state index contributed by atoms with van der Waals surface area (Å²) in [6.07, 6.45) is 0. The van der Waals surface area contributed by atoms with Gasteiger partial charge >= 0.3 is 0 Å². The fraction of sp³-hybridized carbons (Fsp3) is 0.182. The van der Waals surface area contributed by atoms with E-state index in [1.807, 2.05) is 50.2 Å². The summed E-state index contributed by atoms with van der Waals surface area (Å²) in [5.41, 5.74) is 5.26. The minimum Gasteiger partial charge on any atom is -0.497 e. The molecule has 1 aliphatic heterocycles. The Morgan fingerprint density at radius 3 is 2.00 bits per heavy atom. The number of aromatic amines is 1. The number of nitrogens with zero attached hydrogens (tertiary/aromatic N) is 1. The number of ether oxygens (including phenoxy) is 2. The van der Waals surface area contributed by atoms with Crippen LogP contribution in [0.4, 0.5) is 0 Å². The second-order valence-electron chi connectivity index (χ2n) is 6.73. The maximum atomic E-state index is 12.8. The Hall–Kier alpha value is -3.54. The highest BCUT2D eigenvalue weighted by molar-refractivity contribution is 6.30. The summed E-state index contributed by atoms with van der Waals surface area (Å²) < 4.78 is 10.5. The number of aliphatic imine (C=N–C) groups is 1. The number of amides is 1. The molecule has 0 bridgehead atoms. The van der Waals surface area contributed by atoms with E-state index in [2.05, 4.69) is 9.98 Å². The summed E-state index contributed by atoms with van der Waals surface area (Å²) in [5, 5.41) is 10.6. The van der Waals surface area contributed by atoms with Crippen molar-refractivity contribution in [2.45, 2.75) is 13.8 Å². The lowest BCUT2D eigenvalue weighted by Gasteiger charge is -2.08. The van der Waals surface area contributed by atoms with Gasteiger partial charge in [0.1, 0.15) is 11.5 Å². The van der Waals surface area contributed by atoms with Crippen molar-refractivity contribution >= 4 is 11.6 Å². The predicted molar refractivity (Wildman–Crippen MR) is 107 cm³/mol. The van der Waals surface area contributed by atoms with Crippen molar-refractivity contribution in [3.63, 3.8) is 0 Å². The molecule has 0 fully saturated rings. The van der Waals surface area contributed by atoms with Crippen LogP contribution >= 0.6 is 0 Å². The van der Waals surface area contributed by atoms with E-state index in [1.54, 1.807) is 14.2 Å².